The lowest BCUT2D eigenvalue weighted by atomic mass is 10.1. The Bertz CT molecular complexity index is 1230. The monoisotopic (exact) mass is 443 g/mol. The van der Waals surface area contributed by atoms with Crippen LogP contribution in [0, 0.1) is 13.8 Å². The van der Waals surface area contributed by atoms with Crippen LogP contribution < -0.4 is 14.8 Å². The van der Waals surface area contributed by atoms with Crippen LogP contribution in [-0.2, 0) is 11.3 Å². The number of carbonyl (C=O) groups excluding carboxylic acids is 1. The number of aromatic nitrogens is 2. The lowest BCUT2D eigenvalue weighted by Crippen LogP contribution is -2.33. The van der Waals surface area contributed by atoms with E-state index >= 15 is 0 Å². The van der Waals surface area contributed by atoms with Crippen molar-refractivity contribution in [2.24, 2.45) is 0 Å². The average Bonchev–Trinajstić information content (AvgIpc) is 3.19. The number of rotatable bonds is 9. The third-order valence-electron chi connectivity index (χ3n) is 5.46. The van der Waals surface area contributed by atoms with Gasteiger partial charge in [-0.15, -0.1) is 0 Å². The van der Waals surface area contributed by atoms with Gasteiger partial charge in [-0.25, -0.2) is 4.98 Å². The highest BCUT2D eigenvalue weighted by atomic mass is 16.5. The summed E-state index contributed by atoms with van der Waals surface area (Å²) in [7, 11) is 0. The Morgan fingerprint density at radius 1 is 1.00 bits per heavy atom. The molecule has 0 spiro atoms. The van der Waals surface area contributed by atoms with Gasteiger partial charge in [-0.05, 0) is 56.7 Å². The number of fused-ring (bicyclic) bond motifs is 1. The summed E-state index contributed by atoms with van der Waals surface area (Å²) in [6, 6.07) is 23.2. The molecule has 0 aliphatic heterocycles. The minimum absolute atomic E-state index is 0.0512. The Morgan fingerprint density at radius 3 is 2.55 bits per heavy atom. The standard InChI is InChI=1S/C27H29N3O3/c1-19-13-14-25(20(2)17-19)32-16-15-30-24-12-8-7-11-23(24)29-27(30)21(3)28-26(31)18-33-22-9-5-4-6-10-22/h4-14,17,21H,15-16,18H2,1-3H3,(H,28,31). The van der Waals surface area contributed by atoms with Crippen LogP contribution in [0.1, 0.15) is 29.9 Å². The van der Waals surface area contributed by atoms with Gasteiger partial charge in [-0.3, -0.25) is 4.79 Å². The number of aryl methyl sites for hydroxylation is 2. The van der Waals surface area contributed by atoms with E-state index in [0.717, 1.165) is 28.2 Å². The fourth-order valence-corrected chi connectivity index (χ4v) is 3.88. The summed E-state index contributed by atoms with van der Waals surface area (Å²) >= 11 is 0. The van der Waals surface area contributed by atoms with Crippen molar-refractivity contribution in [3.63, 3.8) is 0 Å². The van der Waals surface area contributed by atoms with Gasteiger partial charge in [0.1, 0.15) is 23.9 Å². The lowest BCUT2D eigenvalue weighted by molar-refractivity contribution is -0.123. The summed E-state index contributed by atoms with van der Waals surface area (Å²) in [5, 5.41) is 3.00. The number of hydrogen-bond donors (Lipinski definition) is 1. The second-order valence-corrected chi connectivity index (χ2v) is 8.12. The van der Waals surface area contributed by atoms with E-state index in [0.29, 0.717) is 18.9 Å². The topological polar surface area (TPSA) is 65.4 Å². The molecule has 0 radical (unpaired) electrons. The summed E-state index contributed by atoms with van der Waals surface area (Å²) in [4.78, 5) is 17.3. The Kier molecular flexibility index (Phi) is 6.93. The van der Waals surface area contributed by atoms with Crippen molar-refractivity contribution in [3.05, 3.63) is 89.7 Å². The molecule has 4 rings (SSSR count). The molecule has 0 fully saturated rings. The van der Waals surface area contributed by atoms with Crippen LogP contribution in [-0.4, -0.2) is 28.7 Å². The van der Waals surface area contributed by atoms with Gasteiger partial charge >= 0.3 is 0 Å². The molecular formula is C27H29N3O3. The first-order valence-electron chi connectivity index (χ1n) is 11.1. The van der Waals surface area contributed by atoms with Crippen molar-refractivity contribution in [2.75, 3.05) is 13.2 Å². The van der Waals surface area contributed by atoms with Crippen molar-refractivity contribution < 1.29 is 14.3 Å². The van der Waals surface area contributed by atoms with E-state index in [2.05, 4.69) is 35.9 Å². The number of carbonyl (C=O) groups is 1. The molecule has 0 saturated heterocycles. The van der Waals surface area contributed by atoms with Crippen LogP contribution in [0.4, 0.5) is 0 Å². The lowest BCUT2D eigenvalue weighted by Gasteiger charge is -2.17. The molecule has 1 atom stereocenters. The van der Waals surface area contributed by atoms with Crippen molar-refractivity contribution >= 4 is 16.9 Å². The van der Waals surface area contributed by atoms with E-state index in [-0.39, 0.29) is 18.6 Å². The zero-order valence-electron chi connectivity index (χ0n) is 19.2. The van der Waals surface area contributed by atoms with Crippen LogP contribution in [0.5, 0.6) is 11.5 Å². The summed E-state index contributed by atoms with van der Waals surface area (Å²) in [5.41, 5.74) is 4.23. The quantitative estimate of drug-likeness (QED) is 0.396. The fraction of sp³-hybridized carbons (Fsp3) is 0.259. The second-order valence-electron chi connectivity index (χ2n) is 8.12. The molecule has 6 heteroatoms. The minimum atomic E-state index is -0.287. The van der Waals surface area contributed by atoms with Crippen LogP contribution in [0.15, 0.2) is 72.8 Å². The maximum atomic E-state index is 12.5. The molecule has 33 heavy (non-hydrogen) atoms. The first-order valence-corrected chi connectivity index (χ1v) is 11.1. The highest BCUT2D eigenvalue weighted by molar-refractivity contribution is 5.79. The predicted molar refractivity (Wildman–Crippen MR) is 130 cm³/mol. The number of hydrogen-bond acceptors (Lipinski definition) is 4. The average molecular weight is 444 g/mol. The van der Waals surface area contributed by atoms with Gasteiger partial charge in [0.05, 0.1) is 23.6 Å². The van der Waals surface area contributed by atoms with Crippen molar-refractivity contribution in [1.82, 2.24) is 14.9 Å². The molecule has 0 saturated carbocycles. The zero-order chi connectivity index (χ0) is 23.2. The molecule has 0 aliphatic carbocycles. The summed E-state index contributed by atoms with van der Waals surface area (Å²) < 4.78 is 13.7. The summed E-state index contributed by atoms with van der Waals surface area (Å²) in [5.74, 6) is 2.13. The SMILES string of the molecule is Cc1ccc(OCCn2c(C(C)NC(=O)COc3ccccc3)nc3ccccc32)c(C)c1. The van der Waals surface area contributed by atoms with Crippen LogP contribution in [0.3, 0.4) is 0 Å². The number of para-hydroxylation sites is 3. The smallest absolute Gasteiger partial charge is 0.258 e. The molecule has 170 valence electrons. The van der Waals surface area contributed by atoms with E-state index < -0.39 is 0 Å². The summed E-state index contributed by atoms with van der Waals surface area (Å²) in [6.07, 6.45) is 0. The van der Waals surface area contributed by atoms with Crippen LogP contribution in [0.25, 0.3) is 11.0 Å². The number of nitrogens with one attached hydrogen (secondary N) is 1. The van der Waals surface area contributed by atoms with Crippen molar-refractivity contribution in [2.45, 2.75) is 33.4 Å². The second kappa shape index (κ2) is 10.2. The Morgan fingerprint density at radius 2 is 1.76 bits per heavy atom. The largest absolute Gasteiger partial charge is 0.491 e. The van der Waals surface area contributed by atoms with Crippen LogP contribution >= 0.6 is 0 Å². The molecule has 1 aromatic heterocycles. The van der Waals surface area contributed by atoms with E-state index in [9.17, 15) is 4.79 Å². The predicted octanol–water partition coefficient (Wildman–Crippen LogP) is 4.99. The van der Waals surface area contributed by atoms with Crippen LogP contribution in [0.2, 0.25) is 0 Å². The maximum Gasteiger partial charge on any atom is 0.258 e. The van der Waals surface area contributed by atoms with Crippen molar-refractivity contribution in [1.29, 1.82) is 0 Å². The fourth-order valence-electron chi connectivity index (χ4n) is 3.88. The Hall–Kier alpha value is -3.80. The highest BCUT2D eigenvalue weighted by Gasteiger charge is 2.19. The van der Waals surface area contributed by atoms with Gasteiger partial charge in [-0.1, -0.05) is 48.0 Å². The highest BCUT2D eigenvalue weighted by Crippen LogP contribution is 2.22. The molecule has 1 amide bonds. The molecule has 1 N–H and O–H groups in total. The van der Waals surface area contributed by atoms with Crippen molar-refractivity contribution in [3.8, 4) is 11.5 Å². The number of amides is 1. The normalized spacial score (nSPS) is 11.8. The Balaban J connectivity index is 1.45. The first kappa shape index (κ1) is 22.4. The van der Waals surface area contributed by atoms with Gasteiger partial charge in [0, 0.05) is 0 Å². The van der Waals surface area contributed by atoms with Gasteiger partial charge in [0.2, 0.25) is 0 Å². The number of nitrogens with zero attached hydrogens (tertiary/aromatic N) is 2. The number of imidazole rings is 1. The molecule has 0 bridgehead atoms. The third kappa shape index (κ3) is 5.52. The van der Waals surface area contributed by atoms with E-state index in [4.69, 9.17) is 14.5 Å². The first-order chi connectivity index (χ1) is 16.0. The van der Waals surface area contributed by atoms with Gasteiger partial charge in [0.25, 0.3) is 5.91 Å². The minimum Gasteiger partial charge on any atom is -0.491 e. The van der Waals surface area contributed by atoms with Gasteiger partial charge in [0.15, 0.2) is 6.61 Å². The molecule has 6 nitrogen and oxygen atoms in total. The molecule has 0 aliphatic rings. The number of benzene rings is 3. The number of ether oxygens (including phenoxy) is 2. The maximum absolute atomic E-state index is 12.5. The molecule has 4 aromatic rings. The van der Waals surface area contributed by atoms with E-state index in [1.54, 1.807) is 0 Å². The van der Waals surface area contributed by atoms with Gasteiger partial charge in [-0.2, -0.15) is 0 Å². The Labute approximate surface area is 194 Å². The van der Waals surface area contributed by atoms with E-state index in [1.807, 2.05) is 67.6 Å². The molecule has 3 aromatic carbocycles. The van der Waals surface area contributed by atoms with E-state index in [1.165, 1.54) is 5.56 Å². The molecule has 1 unspecified atom stereocenters. The zero-order valence-corrected chi connectivity index (χ0v) is 19.2. The summed E-state index contributed by atoms with van der Waals surface area (Å²) in [6.45, 7) is 7.11. The molecule has 1 heterocycles. The third-order valence-corrected chi connectivity index (χ3v) is 5.46. The molecular weight excluding hydrogens is 414 g/mol. The van der Waals surface area contributed by atoms with Gasteiger partial charge < -0.3 is 19.4 Å².